The lowest BCUT2D eigenvalue weighted by Crippen LogP contribution is -2.20. The van der Waals surface area contributed by atoms with E-state index in [-0.39, 0.29) is 5.82 Å². The second-order valence-corrected chi connectivity index (χ2v) is 6.30. The van der Waals surface area contributed by atoms with E-state index in [0.717, 1.165) is 30.0 Å². The molecule has 0 radical (unpaired) electrons. The molecule has 18 heavy (non-hydrogen) atoms. The van der Waals surface area contributed by atoms with Gasteiger partial charge in [-0.2, -0.15) is 0 Å². The number of anilines is 1. The quantitative estimate of drug-likeness (QED) is 0.842. The van der Waals surface area contributed by atoms with E-state index in [1.807, 2.05) is 6.07 Å². The molecule has 0 aliphatic heterocycles. The van der Waals surface area contributed by atoms with Gasteiger partial charge in [-0.1, -0.05) is 18.0 Å². The van der Waals surface area contributed by atoms with Gasteiger partial charge >= 0.3 is 0 Å². The highest BCUT2D eigenvalue weighted by Gasteiger charge is 2.39. The average molecular weight is 268 g/mol. The number of benzene rings is 1. The minimum atomic E-state index is -0.231. The lowest BCUT2D eigenvalue weighted by atomic mass is 9.89. The first-order valence-electron chi connectivity index (χ1n) is 6.83. The van der Waals surface area contributed by atoms with Crippen molar-refractivity contribution in [1.82, 2.24) is 0 Å². The second-order valence-electron chi connectivity index (χ2n) is 5.90. The van der Waals surface area contributed by atoms with Crippen LogP contribution in [0, 0.1) is 30.5 Å². The summed E-state index contributed by atoms with van der Waals surface area (Å²) in [5.41, 5.74) is 1.52. The molecule has 0 amide bonds. The summed E-state index contributed by atoms with van der Waals surface area (Å²) in [6.45, 7) is 2.75. The standard InChI is InChI=1S/C15H19ClFN/c1-9-4-15(13(16)7-14(9)17)18-8-12-6-10-2-3-11(12)5-10/h4,7,10-12,18H,2-3,5-6,8H2,1H3. The van der Waals surface area contributed by atoms with Crippen LogP contribution >= 0.6 is 11.6 Å². The Morgan fingerprint density at radius 1 is 1.33 bits per heavy atom. The van der Waals surface area contributed by atoms with Crippen molar-refractivity contribution in [3.63, 3.8) is 0 Å². The lowest BCUT2D eigenvalue weighted by Gasteiger charge is -2.22. The number of aryl methyl sites for hydroxylation is 1. The number of rotatable bonds is 3. The molecule has 0 saturated heterocycles. The molecule has 1 aromatic rings. The maximum absolute atomic E-state index is 13.3. The lowest BCUT2D eigenvalue weighted by molar-refractivity contribution is 0.348. The summed E-state index contributed by atoms with van der Waals surface area (Å²) in [6.07, 6.45) is 5.60. The summed E-state index contributed by atoms with van der Waals surface area (Å²) in [7, 11) is 0. The zero-order valence-corrected chi connectivity index (χ0v) is 11.4. The number of hydrogen-bond donors (Lipinski definition) is 1. The van der Waals surface area contributed by atoms with E-state index in [1.165, 1.54) is 31.7 Å². The van der Waals surface area contributed by atoms with Gasteiger partial charge in [0.25, 0.3) is 0 Å². The Labute approximate surface area is 113 Å². The van der Waals surface area contributed by atoms with Crippen molar-refractivity contribution in [3.05, 3.63) is 28.5 Å². The fraction of sp³-hybridized carbons (Fsp3) is 0.600. The normalized spacial score (nSPS) is 29.8. The van der Waals surface area contributed by atoms with E-state index in [2.05, 4.69) is 5.32 Å². The zero-order valence-electron chi connectivity index (χ0n) is 10.7. The highest BCUT2D eigenvalue weighted by Crippen LogP contribution is 2.48. The largest absolute Gasteiger partial charge is 0.384 e. The third-order valence-electron chi connectivity index (χ3n) is 4.69. The van der Waals surface area contributed by atoms with Crippen LogP contribution in [-0.4, -0.2) is 6.54 Å². The van der Waals surface area contributed by atoms with Crippen LogP contribution in [0.5, 0.6) is 0 Å². The van der Waals surface area contributed by atoms with Gasteiger partial charge in [-0.15, -0.1) is 0 Å². The first kappa shape index (κ1) is 12.3. The van der Waals surface area contributed by atoms with Gasteiger partial charge in [0.2, 0.25) is 0 Å². The highest BCUT2D eigenvalue weighted by molar-refractivity contribution is 6.33. The number of fused-ring (bicyclic) bond motifs is 2. The molecule has 3 unspecified atom stereocenters. The molecule has 2 aliphatic rings. The van der Waals surface area contributed by atoms with Crippen molar-refractivity contribution in [1.29, 1.82) is 0 Å². The van der Waals surface area contributed by atoms with Crippen LogP contribution in [0.1, 0.15) is 31.2 Å². The number of nitrogens with one attached hydrogen (secondary N) is 1. The van der Waals surface area contributed by atoms with Crippen molar-refractivity contribution >= 4 is 17.3 Å². The zero-order chi connectivity index (χ0) is 12.7. The second kappa shape index (κ2) is 4.73. The van der Waals surface area contributed by atoms with Crippen LogP contribution < -0.4 is 5.32 Å². The van der Waals surface area contributed by atoms with Gasteiger partial charge in [0.05, 0.1) is 10.7 Å². The predicted octanol–water partition coefficient (Wildman–Crippen LogP) is 4.64. The molecular formula is C15H19ClFN. The molecule has 3 rings (SSSR count). The van der Waals surface area contributed by atoms with E-state index in [4.69, 9.17) is 11.6 Å². The van der Waals surface area contributed by atoms with Crippen LogP contribution in [0.3, 0.4) is 0 Å². The molecule has 1 nitrogen and oxygen atoms in total. The van der Waals surface area contributed by atoms with Gasteiger partial charge in [0.15, 0.2) is 0 Å². The van der Waals surface area contributed by atoms with E-state index in [1.54, 1.807) is 6.92 Å². The van der Waals surface area contributed by atoms with Gasteiger partial charge < -0.3 is 5.32 Å². The fourth-order valence-corrected chi connectivity index (χ4v) is 3.88. The summed E-state index contributed by atoms with van der Waals surface area (Å²) in [5.74, 6) is 2.42. The van der Waals surface area contributed by atoms with E-state index in [9.17, 15) is 4.39 Å². The van der Waals surface area contributed by atoms with Crippen LogP contribution in [0.15, 0.2) is 12.1 Å². The fourth-order valence-electron chi connectivity index (χ4n) is 3.66. The number of hydrogen-bond acceptors (Lipinski definition) is 1. The Balaban J connectivity index is 1.65. The summed E-state index contributed by atoms with van der Waals surface area (Å²) in [6, 6.07) is 3.21. The molecule has 98 valence electrons. The van der Waals surface area contributed by atoms with Gasteiger partial charge in [0, 0.05) is 6.54 Å². The summed E-state index contributed by atoms with van der Waals surface area (Å²) < 4.78 is 13.3. The van der Waals surface area contributed by atoms with E-state index >= 15 is 0 Å². The Morgan fingerprint density at radius 3 is 2.83 bits per heavy atom. The molecule has 0 heterocycles. The maximum atomic E-state index is 13.3. The molecule has 2 aliphatic carbocycles. The molecule has 3 heteroatoms. The minimum Gasteiger partial charge on any atom is -0.384 e. The van der Waals surface area contributed by atoms with Crippen molar-refractivity contribution in [2.24, 2.45) is 17.8 Å². The van der Waals surface area contributed by atoms with Crippen LogP contribution in [0.4, 0.5) is 10.1 Å². The van der Waals surface area contributed by atoms with Gasteiger partial charge in [-0.05, 0) is 61.6 Å². The van der Waals surface area contributed by atoms with Gasteiger partial charge in [0.1, 0.15) is 5.82 Å². The summed E-state index contributed by atoms with van der Waals surface area (Å²) in [4.78, 5) is 0. The van der Waals surface area contributed by atoms with Crippen LogP contribution in [-0.2, 0) is 0 Å². The molecule has 1 N–H and O–H groups in total. The Bertz CT molecular complexity index is 460. The van der Waals surface area contributed by atoms with Gasteiger partial charge in [-0.25, -0.2) is 4.39 Å². The molecule has 0 spiro atoms. The van der Waals surface area contributed by atoms with E-state index in [0.29, 0.717) is 10.6 Å². The van der Waals surface area contributed by atoms with Gasteiger partial charge in [-0.3, -0.25) is 0 Å². The smallest absolute Gasteiger partial charge is 0.127 e. The maximum Gasteiger partial charge on any atom is 0.127 e. The molecule has 2 fully saturated rings. The predicted molar refractivity (Wildman–Crippen MR) is 73.6 cm³/mol. The molecule has 0 aromatic heterocycles. The first-order valence-corrected chi connectivity index (χ1v) is 7.21. The van der Waals surface area contributed by atoms with Crippen LogP contribution in [0.25, 0.3) is 0 Å². The third kappa shape index (κ3) is 2.23. The molecule has 1 aromatic carbocycles. The topological polar surface area (TPSA) is 12.0 Å². The summed E-state index contributed by atoms with van der Waals surface area (Å²) in [5, 5.41) is 3.90. The molecular weight excluding hydrogens is 249 g/mol. The monoisotopic (exact) mass is 267 g/mol. The highest BCUT2D eigenvalue weighted by atomic mass is 35.5. The van der Waals surface area contributed by atoms with Crippen molar-refractivity contribution in [2.45, 2.75) is 32.6 Å². The first-order chi connectivity index (χ1) is 8.63. The summed E-state index contributed by atoms with van der Waals surface area (Å²) >= 11 is 6.06. The minimum absolute atomic E-state index is 0.231. The van der Waals surface area contributed by atoms with Crippen molar-refractivity contribution in [2.75, 3.05) is 11.9 Å². The van der Waals surface area contributed by atoms with E-state index < -0.39 is 0 Å². The molecule has 3 atom stereocenters. The third-order valence-corrected chi connectivity index (χ3v) is 5.00. The molecule has 2 bridgehead atoms. The van der Waals surface area contributed by atoms with Crippen molar-refractivity contribution < 1.29 is 4.39 Å². The van der Waals surface area contributed by atoms with Crippen molar-refractivity contribution in [3.8, 4) is 0 Å². The SMILES string of the molecule is Cc1cc(NCC2CC3CCC2C3)c(Cl)cc1F. The Morgan fingerprint density at radius 2 is 2.17 bits per heavy atom. The van der Waals surface area contributed by atoms with Crippen LogP contribution in [0.2, 0.25) is 5.02 Å². The Hall–Kier alpha value is -0.760. The number of halogens is 2. The average Bonchev–Trinajstić information content (AvgIpc) is 2.94. The molecule has 2 saturated carbocycles. The Kier molecular flexibility index (Phi) is 3.23.